The van der Waals surface area contributed by atoms with Crippen molar-refractivity contribution in [1.82, 2.24) is 5.32 Å². The summed E-state index contributed by atoms with van der Waals surface area (Å²) in [6.45, 7) is -0.204. The second-order valence-electron chi connectivity index (χ2n) is 5.02. The van der Waals surface area contributed by atoms with Crippen molar-refractivity contribution in [2.75, 3.05) is 13.7 Å². The Morgan fingerprint density at radius 2 is 1.68 bits per heavy atom. The molecule has 0 aliphatic rings. The van der Waals surface area contributed by atoms with Crippen molar-refractivity contribution in [3.8, 4) is 0 Å². The quantitative estimate of drug-likeness (QED) is 0.800. The fraction of sp³-hybridized carbons (Fsp3) is 0.167. The molecule has 0 saturated heterocycles. The highest BCUT2D eigenvalue weighted by atomic mass is 35.5. The highest BCUT2D eigenvalue weighted by Crippen LogP contribution is 2.12. The number of rotatable bonds is 6. The molecule has 1 amide bonds. The zero-order valence-corrected chi connectivity index (χ0v) is 14.2. The van der Waals surface area contributed by atoms with Crippen molar-refractivity contribution in [2.45, 2.75) is 6.54 Å². The van der Waals surface area contributed by atoms with Crippen LogP contribution < -0.4 is 5.32 Å². The van der Waals surface area contributed by atoms with E-state index in [1.54, 1.807) is 30.3 Å². The molecule has 0 radical (unpaired) electrons. The number of benzene rings is 2. The lowest BCUT2D eigenvalue weighted by Crippen LogP contribution is -2.28. The minimum atomic E-state index is -0.779. The summed E-state index contributed by atoms with van der Waals surface area (Å²) >= 11 is 5.86. The predicted molar refractivity (Wildman–Crippen MR) is 91.4 cm³/mol. The van der Waals surface area contributed by atoms with Gasteiger partial charge >= 0.3 is 11.9 Å². The topological polar surface area (TPSA) is 81.7 Å². The van der Waals surface area contributed by atoms with E-state index in [0.717, 1.165) is 5.56 Å². The Balaban J connectivity index is 1.89. The standard InChI is InChI=1S/C18H16ClNO5/c1-24-17(22)14-7-2-3-8-15(14)18(23)25-11-16(21)20-10-12-5-4-6-13(19)9-12/h2-9H,10-11H2,1H3,(H,20,21). The molecule has 0 unspecified atom stereocenters. The van der Waals surface area contributed by atoms with Crippen LogP contribution >= 0.6 is 11.6 Å². The molecule has 0 saturated carbocycles. The molecule has 2 aromatic rings. The van der Waals surface area contributed by atoms with E-state index in [1.165, 1.54) is 19.2 Å². The molecule has 1 N–H and O–H groups in total. The molecule has 130 valence electrons. The number of methoxy groups -OCH3 is 1. The van der Waals surface area contributed by atoms with E-state index in [0.29, 0.717) is 5.02 Å². The monoisotopic (exact) mass is 361 g/mol. The number of nitrogens with one attached hydrogen (secondary N) is 1. The maximum Gasteiger partial charge on any atom is 0.339 e. The maximum absolute atomic E-state index is 12.1. The molecule has 2 rings (SSSR count). The van der Waals surface area contributed by atoms with E-state index in [-0.39, 0.29) is 17.7 Å². The molecular formula is C18H16ClNO5. The summed E-state index contributed by atoms with van der Waals surface area (Å²) in [4.78, 5) is 35.5. The van der Waals surface area contributed by atoms with Crippen molar-refractivity contribution in [1.29, 1.82) is 0 Å². The molecule has 7 heteroatoms. The first kappa shape index (κ1) is 18.5. The van der Waals surface area contributed by atoms with Crippen molar-refractivity contribution in [2.24, 2.45) is 0 Å². The number of ether oxygens (including phenoxy) is 2. The van der Waals surface area contributed by atoms with Gasteiger partial charge in [-0.2, -0.15) is 0 Å². The fourth-order valence-electron chi connectivity index (χ4n) is 2.06. The summed E-state index contributed by atoms with van der Waals surface area (Å²) in [5.41, 5.74) is 0.939. The fourth-order valence-corrected chi connectivity index (χ4v) is 2.27. The summed E-state index contributed by atoms with van der Waals surface area (Å²) < 4.78 is 9.57. The van der Waals surface area contributed by atoms with Gasteiger partial charge in [-0.1, -0.05) is 35.9 Å². The highest BCUT2D eigenvalue weighted by Gasteiger charge is 2.19. The molecule has 0 atom stereocenters. The smallest absolute Gasteiger partial charge is 0.339 e. The number of hydrogen-bond acceptors (Lipinski definition) is 5. The summed E-state index contributed by atoms with van der Waals surface area (Å²) in [6.07, 6.45) is 0. The van der Waals surface area contributed by atoms with Gasteiger partial charge in [-0.15, -0.1) is 0 Å². The number of esters is 2. The second kappa shape index (κ2) is 8.84. The van der Waals surface area contributed by atoms with Crippen molar-refractivity contribution < 1.29 is 23.9 Å². The number of halogens is 1. The third-order valence-corrected chi connectivity index (χ3v) is 3.50. The molecule has 0 spiro atoms. The zero-order chi connectivity index (χ0) is 18.2. The molecule has 0 aliphatic carbocycles. The van der Waals surface area contributed by atoms with E-state index in [9.17, 15) is 14.4 Å². The highest BCUT2D eigenvalue weighted by molar-refractivity contribution is 6.30. The molecule has 0 fully saturated rings. The first-order chi connectivity index (χ1) is 12.0. The summed E-state index contributed by atoms with van der Waals surface area (Å²) in [5.74, 6) is -1.90. The molecule has 6 nitrogen and oxygen atoms in total. The number of carbonyl (C=O) groups is 3. The lowest BCUT2D eigenvalue weighted by molar-refractivity contribution is -0.124. The summed E-state index contributed by atoms with van der Waals surface area (Å²) in [7, 11) is 1.22. The van der Waals surface area contributed by atoms with Gasteiger partial charge in [0.05, 0.1) is 18.2 Å². The van der Waals surface area contributed by atoms with Crippen molar-refractivity contribution >= 4 is 29.4 Å². The largest absolute Gasteiger partial charge is 0.465 e. The Morgan fingerprint density at radius 1 is 1.00 bits per heavy atom. The minimum absolute atomic E-state index is 0.0389. The molecular weight excluding hydrogens is 346 g/mol. The number of amides is 1. The average molecular weight is 362 g/mol. The van der Waals surface area contributed by atoms with Crippen molar-refractivity contribution in [3.05, 3.63) is 70.2 Å². The van der Waals surface area contributed by atoms with Crippen LogP contribution in [0.15, 0.2) is 48.5 Å². The normalized spacial score (nSPS) is 10.0. The third kappa shape index (κ3) is 5.32. The number of hydrogen-bond donors (Lipinski definition) is 1. The molecule has 0 aliphatic heterocycles. The SMILES string of the molecule is COC(=O)c1ccccc1C(=O)OCC(=O)NCc1cccc(Cl)c1. The van der Waals surface area contributed by atoms with Gasteiger partial charge in [0.1, 0.15) is 0 Å². The van der Waals surface area contributed by atoms with Crippen LogP contribution in [-0.2, 0) is 20.8 Å². The Bertz CT molecular complexity index is 791. The third-order valence-electron chi connectivity index (χ3n) is 3.27. The lowest BCUT2D eigenvalue weighted by atomic mass is 10.1. The zero-order valence-electron chi connectivity index (χ0n) is 13.5. The van der Waals surface area contributed by atoms with Gasteiger partial charge in [0.15, 0.2) is 6.61 Å². The molecule has 2 aromatic carbocycles. The first-order valence-electron chi connectivity index (χ1n) is 7.37. The Morgan fingerprint density at radius 3 is 2.32 bits per heavy atom. The van der Waals surface area contributed by atoms with E-state index < -0.39 is 24.5 Å². The predicted octanol–water partition coefficient (Wildman–Crippen LogP) is 2.60. The van der Waals surface area contributed by atoms with Crippen LogP contribution in [0.25, 0.3) is 0 Å². The lowest BCUT2D eigenvalue weighted by Gasteiger charge is -2.09. The maximum atomic E-state index is 12.1. The van der Waals surface area contributed by atoms with Crippen LogP contribution in [-0.4, -0.2) is 31.6 Å². The van der Waals surface area contributed by atoms with E-state index in [1.807, 2.05) is 6.07 Å². The van der Waals surface area contributed by atoms with Gasteiger partial charge in [0.2, 0.25) is 0 Å². The van der Waals surface area contributed by atoms with E-state index in [2.05, 4.69) is 10.1 Å². The van der Waals surface area contributed by atoms with Crippen LogP contribution in [0.5, 0.6) is 0 Å². The Hall–Kier alpha value is -2.86. The van der Waals surface area contributed by atoms with Crippen molar-refractivity contribution in [3.63, 3.8) is 0 Å². The van der Waals surface area contributed by atoms with Gasteiger partial charge in [0.25, 0.3) is 5.91 Å². The average Bonchev–Trinajstić information content (AvgIpc) is 2.63. The Labute approximate surface area is 149 Å². The van der Waals surface area contributed by atoms with Gasteiger partial charge in [-0.3, -0.25) is 4.79 Å². The van der Waals surface area contributed by atoms with Gasteiger partial charge < -0.3 is 14.8 Å². The molecule has 25 heavy (non-hydrogen) atoms. The molecule has 0 bridgehead atoms. The van der Waals surface area contributed by atoms with Gasteiger partial charge in [-0.25, -0.2) is 9.59 Å². The minimum Gasteiger partial charge on any atom is -0.465 e. The summed E-state index contributed by atoms with van der Waals surface area (Å²) in [5, 5.41) is 3.18. The van der Waals surface area contributed by atoms with Crippen LogP contribution in [0.2, 0.25) is 5.02 Å². The molecule has 0 heterocycles. The Kier molecular flexibility index (Phi) is 6.54. The van der Waals surface area contributed by atoms with Crippen LogP contribution in [0.4, 0.5) is 0 Å². The van der Waals surface area contributed by atoms with Gasteiger partial charge in [0, 0.05) is 11.6 Å². The van der Waals surface area contributed by atoms with Crippen LogP contribution in [0.1, 0.15) is 26.3 Å². The second-order valence-corrected chi connectivity index (χ2v) is 5.46. The molecule has 0 aromatic heterocycles. The van der Waals surface area contributed by atoms with Gasteiger partial charge in [-0.05, 0) is 29.8 Å². The van der Waals surface area contributed by atoms with Crippen LogP contribution in [0, 0.1) is 0 Å². The van der Waals surface area contributed by atoms with E-state index in [4.69, 9.17) is 16.3 Å². The van der Waals surface area contributed by atoms with E-state index >= 15 is 0 Å². The van der Waals surface area contributed by atoms with Crippen LogP contribution in [0.3, 0.4) is 0 Å². The first-order valence-corrected chi connectivity index (χ1v) is 7.74. The summed E-state index contributed by atoms with van der Waals surface area (Å²) in [6, 6.07) is 13.1. The number of carbonyl (C=O) groups excluding carboxylic acids is 3.